The summed E-state index contributed by atoms with van der Waals surface area (Å²) in [6, 6.07) is 0. The summed E-state index contributed by atoms with van der Waals surface area (Å²) in [4.78, 5) is 23.2. The van der Waals surface area contributed by atoms with Gasteiger partial charge in [-0.1, -0.05) is 6.92 Å². The highest BCUT2D eigenvalue weighted by Gasteiger charge is 2.28. The van der Waals surface area contributed by atoms with E-state index in [0.29, 0.717) is 5.75 Å². The molecule has 0 aromatic heterocycles. The topological polar surface area (TPSA) is 52.6 Å². The van der Waals surface area contributed by atoms with Gasteiger partial charge in [-0.3, -0.25) is 4.79 Å². The van der Waals surface area contributed by atoms with Crippen molar-refractivity contribution in [2.75, 3.05) is 30.5 Å². The van der Waals surface area contributed by atoms with Crippen LogP contribution < -0.4 is 0 Å². The van der Waals surface area contributed by atoms with Crippen molar-refractivity contribution >= 4 is 22.8 Å². The largest absolute Gasteiger partial charge is 0.462 e. The lowest BCUT2D eigenvalue weighted by molar-refractivity contribution is -0.158. The molecule has 0 radical (unpaired) electrons. The van der Waals surface area contributed by atoms with Crippen LogP contribution in [0.5, 0.6) is 0 Å². The Morgan fingerprint density at radius 3 is 2.26 bits per heavy atom. The van der Waals surface area contributed by atoms with Crippen molar-refractivity contribution in [1.82, 2.24) is 0 Å². The van der Waals surface area contributed by atoms with Gasteiger partial charge in [0, 0.05) is 0 Å². The Morgan fingerprint density at radius 1 is 1.11 bits per heavy atom. The predicted octanol–water partition coefficient (Wildman–Crippen LogP) is 1.92. The zero-order valence-corrected chi connectivity index (χ0v) is 13.0. The number of rotatable bonds is 7. The molecule has 0 aromatic carbocycles. The quantitative estimate of drug-likeness (QED) is 0.408. The first-order valence-corrected chi connectivity index (χ1v) is 8.66. The molecule has 4 nitrogen and oxygen atoms in total. The van der Waals surface area contributed by atoms with Crippen molar-refractivity contribution in [2.24, 2.45) is 5.41 Å². The van der Waals surface area contributed by atoms with Crippen LogP contribution in [0.25, 0.3) is 0 Å². The van der Waals surface area contributed by atoms with Gasteiger partial charge in [0.05, 0.1) is 5.41 Å². The molecule has 0 N–H and O–H groups in total. The van der Waals surface area contributed by atoms with E-state index in [4.69, 9.17) is 9.47 Å². The minimum Gasteiger partial charge on any atom is -0.462 e. The van der Waals surface area contributed by atoms with Gasteiger partial charge in [-0.05, 0) is 44.0 Å². The van der Waals surface area contributed by atoms with E-state index in [-0.39, 0.29) is 36.0 Å². The van der Waals surface area contributed by atoms with Crippen molar-refractivity contribution < 1.29 is 19.1 Å². The summed E-state index contributed by atoms with van der Waals surface area (Å²) < 4.78 is 10.2. The first-order valence-electron chi connectivity index (χ1n) is 6.92. The van der Waals surface area contributed by atoms with Crippen molar-refractivity contribution in [3.63, 3.8) is 0 Å². The second kappa shape index (κ2) is 7.78. The van der Waals surface area contributed by atoms with Crippen LogP contribution in [0.3, 0.4) is 0 Å². The van der Waals surface area contributed by atoms with Crippen LogP contribution >= 0.6 is 0 Å². The molecule has 1 heterocycles. The van der Waals surface area contributed by atoms with E-state index in [1.54, 1.807) is 0 Å². The van der Waals surface area contributed by atoms with Gasteiger partial charge >= 0.3 is 11.9 Å². The van der Waals surface area contributed by atoms with Gasteiger partial charge in [0.1, 0.15) is 24.7 Å². The number of carbonyl (C=O) groups is 2. The highest BCUT2D eigenvalue weighted by Crippen LogP contribution is 2.21. The summed E-state index contributed by atoms with van der Waals surface area (Å²) in [6.07, 6.45) is 3.20. The van der Waals surface area contributed by atoms with Crippen LogP contribution in [0.2, 0.25) is 0 Å². The molecule has 1 saturated heterocycles. The molecule has 1 aliphatic heterocycles. The number of hydrogen-bond donors (Lipinski definition) is 0. The van der Waals surface area contributed by atoms with E-state index in [0.717, 1.165) is 17.9 Å². The molecule has 110 valence electrons. The van der Waals surface area contributed by atoms with E-state index < -0.39 is 5.41 Å². The van der Waals surface area contributed by atoms with Gasteiger partial charge in [-0.25, -0.2) is 4.79 Å². The Morgan fingerprint density at radius 2 is 1.68 bits per heavy atom. The molecule has 0 aromatic rings. The standard InChI is InChI=1S/C14H25O4S/c1-4-14(2,3)13(16)18-8-7-17-12(15)11-19-9-5-6-10-19/h4-11H2,1-3H3/q+1. The molecule has 1 fully saturated rings. The molecule has 1 rings (SSSR count). The minimum absolute atomic E-state index is 0.155. The molecule has 0 bridgehead atoms. The molecule has 0 amide bonds. The summed E-state index contributed by atoms with van der Waals surface area (Å²) in [7, 11) is 0.231. The van der Waals surface area contributed by atoms with Crippen LogP contribution in [-0.4, -0.2) is 42.4 Å². The molecular weight excluding hydrogens is 264 g/mol. The summed E-state index contributed by atoms with van der Waals surface area (Å²) in [5.74, 6) is 2.47. The van der Waals surface area contributed by atoms with Crippen molar-refractivity contribution in [3.05, 3.63) is 0 Å². The van der Waals surface area contributed by atoms with E-state index in [1.165, 1.54) is 12.8 Å². The molecule has 0 saturated carbocycles. The highest BCUT2D eigenvalue weighted by atomic mass is 32.2. The van der Waals surface area contributed by atoms with Gasteiger partial charge in [0.15, 0.2) is 0 Å². The Labute approximate surface area is 118 Å². The zero-order chi connectivity index (χ0) is 14.3. The van der Waals surface area contributed by atoms with Crippen molar-refractivity contribution in [1.29, 1.82) is 0 Å². The molecule has 0 spiro atoms. The minimum atomic E-state index is -0.463. The summed E-state index contributed by atoms with van der Waals surface area (Å²) in [6.45, 7) is 5.97. The van der Waals surface area contributed by atoms with Crippen molar-refractivity contribution in [3.8, 4) is 0 Å². The van der Waals surface area contributed by atoms with E-state index >= 15 is 0 Å². The Kier molecular flexibility index (Phi) is 6.69. The van der Waals surface area contributed by atoms with Gasteiger partial charge in [0.2, 0.25) is 5.75 Å². The van der Waals surface area contributed by atoms with Gasteiger partial charge in [-0.2, -0.15) is 0 Å². The maximum Gasteiger partial charge on any atom is 0.356 e. The Balaban J connectivity index is 2.10. The van der Waals surface area contributed by atoms with E-state index in [2.05, 4.69) is 0 Å². The highest BCUT2D eigenvalue weighted by molar-refractivity contribution is 7.97. The number of ether oxygens (including phenoxy) is 2. The smallest absolute Gasteiger partial charge is 0.356 e. The third-order valence-electron chi connectivity index (χ3n) is 3.45. The van der Waals surface area contributed by atoms with Gasteiger partial charge in [-0.15, -0.1) is 0 Å². The van der Waals surface area contributed by atoms with Crippen LogP contribution in [-0.2, 0) is 30.0 Å². The second-order valence-corrected chi connectivity index (χ2v) is 7.80. The molecule has 5 heteroatoms. The summed E-state index contributed by atoms with van der Waals surface area (Å²) in [5, 5.41) is 0. The fourth-order valence-electron chi connectivity index (χ4n) is 1.70. The van der Waals surface area contributed by atoms with Crippen LogP contribution in [0.15, 0.2) is 0 Å². The van der Waals surface area contributed by atoms with E-state index in [1.807, 2.05) is 20.8 Å². The average molecular weight is 289 g/mol. The molecule has 0 atom stereocenters. The lowest BCUT2D eigenvalue weighted by atomic mass is 9.91. The van der Waals surface area contributed by atoms with Crippen LogP contribution in [0, 0.1) is 5.41 Å². The maximum absolute atomic E-state index is 11.7. The van der Waals surface area contributed by atoms with Gasteiger partial charge in [0.25, 0.3) is 0 Å². The molecule has 19 heavy (non-hydrogen) atoms. The van der Waals surface area contributed by atoms with Crippen LogP contribution in [0.4, 0.5) is 0 Å². The third kappa shape index (κ3) is 5.85. The maximum atomic E-state index is 11.7. The third-order valence-corrected chi connectivity index (χ3v) is 5.83. The van der Waals surface area contributed by atoms with Crippen molar-refractivity contribution in [2.45, 2.75) is 40.0 Å². The van der Waals surface area contributed by atoms with E-state index in [9.17, 15) is 9.59 Å². The lowest BCUT2D eigenvalue weighted by Gasteiger charge is -2.20. The normalized spacial score (nSPS) is 16.4. The number of esters is 2. The summed E-state index contributed by atoms with van der Waals surface area (Å²) >= 11 is 0. The molecule has 0 unspecified atom stereocenters. The number of hydrogen-bond acceptors (Lipinski definition) is 4. The SMILES string of the molecule is CCC(C)(C)C(=O)OCCOC(=O)C[S+]1CCCC1. The first-order chi connectivity index (χ1) is 8.95. The zero-order valence-electron chi connectivity index (χ0n) is 12.2. The summed E-state index contributed by atoms with van der Waals surface area (Å²) in [5.41, 5.74) is -0.463. The fourth-order valence-corrected chi connectivity index (χ4v) is 3.83. The van der Waals surface area contributed by atoms with Gasteiger partial charge < -0.3 is 9.47 Å². The second-order valence-electron chi connectivity index (χ2n) is 5.47. The molecular formula is C14H25O4S+. The average Bonchev–Trinajstić information content (AvgIpc) is 2.87. The van der Waals surface area contributed by atoms with Crippen LogP contribution in [0.1, 0.15) is 40.0 Å². The lowest BCUT2D eigenvalue weighted by Crippen LogP contribution is -2.28. The fraction of sp³-hybridized carbons (Fsp3) is 0.857. The molecule has 0 aliphatic carbocycles. The monoisotopic (exact) mass is 289 g/mol. The molecule has 1 aliphatic rings. The number of carbonyl (C=O) groups excluding carboxylic acids is 2. The Hall–Kier alpha value is -0.710. The Bertz CT molecular complexity index is 309. The predicted molar refractivity (Wildman–Crippen MR) is 77.2 cm³/mol. The first kappa shape index (κ1) is 16.3.